The van der Waals surface area contributed by atoms with Gasteiger partial charge in [0, 0.05) is 23.6 Å². The lowest BCUT2D eigenvalue weighted by Gasteiger charge is -2.27. The van der Waals surface area contributed by atoms with Gasteiger partial charge in [-0.1, -0.05) is 35.1 Å². The van der Waals surface area contributed by atoms with Gasteiger partial charge in [-0.05, 0) is 53.6 Å². The molecular weight excluding hydrogens is 520 g/mol. The van der Waals surface area contributed by atoms with Crippen LogP contribution in [0.15, 0.2) is 51.4 Å². The van der Waals surface area contributed by atoms with E-state index in [1.165, 1.54) is 18.3 Å². The fourth-order valence-corrected chi connectivity index (χ4v) is 5.66. The third kappa shape index (κ3) is 4.58. The molecule has 1 aromatic heterocycles. The zero-order chi connectivity index (χ0) is 25.6. The third-order valence-corrected chi connectivity index (χ3v) is 7.51. The number of halogens is 5. The molecule has 6 nitrogen and oxygen atoms in total. The van der Waals surface area contributed by atoms with Gasteiger partial charge in [0.25, 0.3) is 0 Å². The van der Waals surface area contributed by atoms with Crippen molar-refractivity contribution in [1.82, 2.24) is 9.88 Å². The smallest absolute Gasteiger partial charge is 0.416 e. The molecular formula is C24H19ClF4N4O2S. The zero-order valence-electron chi connectivity index (χ0n) is 18.5. The quantitative estimate of drug-likeness (QED) is 0.499. The summed E-state index contributed by atoms with van der Waals surface area (Å²) in [6.07, 6.45) is -4.62. The lowest BCUT2D eigenvalue weighted by atomic mass is 9.96. The van der Waals surface area contributed by atoms with Crippen LogP contribution in [0, 0.1) is 0 Å². The summed E-state index contributed by atoms with van der Waals surface area (Å²) in [6, 6.07) is 7.53. The van der Waals surface area contributed by atoms with E-state index in [1.807, 2.05) is 0 Å². The number of rotatable bonds is 4. The lowest BCUT2D eigenvalue weighted by molar-refractivity contribution is -0.138. The van der Waals surface area contributed by atoms with Crippen molar-refractivity contribution in [1.29, 1.82) is 0 Å². The number of fused-ring (bicyclic) bond motifs is 1. The minimum absolute atomic E-state index is 0.0691. The summed E-state index contributed by atoms with van der Waals surface area (Å²) in [5, 5.41) is 22.9. The molecule has 2 atom stereocenters. The first-order chi connectivity index (χ1) is 17.1. The highest BCUT2D eigenvalue weighted by Gasteiger charge is 2.35. The van der Waals surface area contributed by atoms with Crippen molar-refractivity contribution >= 4 is 34.7 Å². The second-order valence-electron chi connectivity index (χ2n) is 8.54. The SMILES string of the molecule is O=c1sc(C(Cc2ccc(Cl)cc2C(F)(F)F)=c2ccc3c(c2)C=NN=3)c(O)n1[C@H]1CNCC[C@H]1F. The molecule has 0 radical (unpaired) electrons. The lowest BCUT2D eigenvalue weighted by Crippen LogP contribution is -2.41. The van der Waals surface area contributed by atoms with Crippen LogP contribution in [0.3, 0.4) is 0 Å². The van der Waals surface area contributed by atoms with Crippen LogP contribution >= 0.6 is 22.9 Å². The number of hydrogen-bond acceptors (Lipinski definition) is 6. The minimum Gasteiger partial charge on any atom is -0.493 e. The van der Waals surface area contributed by atoms with Gasteiger partial charge in [-0.25, -0.2) is 4.39 Å². The van der Waals surface area contributed by atoms with Crippen LogP contribution in [0.1, 0.15) is 34.0 Å². The van der Waals surface area contributed by atoms with Gasteiger partial charge in [-0.15, -0.1) is 0 Å². The third-order valence-electron chi connectivity index (χ3n) is 6.27. The number of aromatic nitrogens is 1. The molecule has 36 heavy (non-hydrogen) atoms. The van der Waals surface area contributed by atoms with Gasteiger partial charge in [0.2, 0.25) is 5.88 Å². The van der Waals surface area contributed by atoms with Gasteiger partial charge in [-0.3, -0.25) is 9.36 Å². The first-order valence-electron chi connectivity index (χ1n) is 11.0. The Balaban J connectivity index is 1.72. The molecule has 3 heterocycles. The predicted octanol–water partition coefficient (Wildman–Crippen LogP) is 3.57. The number of thiazole rings is 1. The fraction of sp³-hybridized carbons (Fsp3) is 0.292. The predicted molar refractivity (Wildman–Crippen MR) is 129 cm³/mol. The van der Waals surface area contributed by atoms with Crippen molar-refractivity contribution in [3.8, 4) is 5.88 Å². The largest absolute Gasteiger partial charge is 0.493 e. The number of benzene rings is 2. The van der Waals surface area contributed by atoms with Crippen molar-refractivity contribution in [2.24, 2.45) is 10.2 Å². The van der Waals surface area contributed by atoms with Crippen LogP contribution in [0.25, 0.3) is 5.57 Å². The molecule has 3 aromatic rings. The standard InChI is InChI=1S/C24H19ClF4N4O2S/c25-15-3-1-13(17(9-15)24(27,28)29)8-16(12-2-4-19-14(7-12)10-31-32-19)21-22(34)33(23(35)36-21)20-11-30-6-5-18(20)26/h1-4,7,9-10,18,20,30,34H,5-6,8,11H2/t18-,20+/m1/s1. The van der Waals surface area contributed by atoms with Crippen molar-refractivity contribution in [2.45, 2.75) is 31.2 Å². The molecule has 1 saturated heterocycles. The normalized spacial score (nSPS) is 20.2. The van der Waals surface area contributed by atoms with E-state index in [2.05, 4.69) is 15.5 Å². The van der Waals surface area contributed by atoms with Gasteiger partial charge in [0.1, 0.15) is 6.17 Å². The Morgan fingerprint density at radius 1 is 1.25 bits per heavy atom. The number of nitrogens with zero attached hydrogens (tertiary/aromatic N) is 3. The molecule has 0 aliphatic carbocycles. The van der Waals surface area contributed by atoms with E-state index in [0.29, 0.717) is 34.0 Å². The summed E-state index contributed by atoms with van der Waals surface area (Å²) >= 11 is 6.52. The number of aromatic hydroxyl groups is 1. The van der Waals surface area contributed by atoms with Crippen LogP contribution in [0.4, 0.5) is 17.6 Å². The van der Waals surface area contributed by atoms with Crippen molar-refractivity contribution < 1.29 is 22.7 Å². The van der Waals surface area contributed by atoms with Crippen LogP contribution in [-0.4, -0.2) is 35.1 Å². The summed E-state index contributed by atoms with van der Waals surface area (Å²) in [7, 11) is 0. The second-order valence-corrected chi connectivity index (χ2v) is 9.94. The Labute approximate surface area is 210 Å². The maximum atomic E-state index is 14.7. The maximum Gasteiger partial charge on any atom is 0.416 e. The van der Waals surface area contributed by atoms with E-state index in [-0.39, 0.29) is 40.4 Å². The van der Waals surface area contributed by atoms with Crippen LogP contribution < -0.4 is 20.8 Å². The molecule has 2 aliphatic heterocycles. The van der Waals surface area contributed by atoms with Crippen molar-refractivity contribution in [3.05, 3.63) is 83.2 Å². The first kappa shape index (κ1) is 24.7. The molecule has 188 valence electrons. The molecule has 0 bridgehead atoms. The summed E-state index contributed by atoms with van der Waals surface area (Å²) in [5.41, 5.74) is -0.0841. The first-order valence-corrected chi connectivity index (χ1v) is 12.2. The van der Waals surface area contributed by atoms with E-state index in [1.54, 1.807) is 18.2 Å². The molecule has 0 saturated carbocycles. The average Bonchev–Trinajstić information content (AvgIpc) is 3.41. The van der Waals surface area contributed by atoms with Crippen molar-refractivity contribution in [3.63, 3.8) is 0 Å². The monoisotopic (exact) mass is 538 g/mol. The maximum absolute atomic E-state index is 14.7. The molecule has 1 fully saturated rings. The number of nitrogens with one attached hydrogen (secondary N) is 1. The molecule has 2 aromatic carbocycles. The van der Waals surface area contributed by atoms with Gasteiger partial charge in [-0.2, -0.15) is 23.4 Å². The minimum atomic E-state index is -4.68. The van der Waals surface area contributed by atoms with Crippen LogP contribution in [0.5, 0.6) is 5.88 Å². The van der Waals surface area contributed by atoms with Gasteiger partial charge >= 0.3 is 11.0 Å². The van der Waals surface area contributed by atoms with Gasteiger partial charge < -0.3 is 10.4 Å². The Morgan fingerprint density at radius 3 is 2.81 bits per heavy atom. The Morgan fingerprint density at radius 2 is 2.06 bits per heavy atom. The summed E-state index contributed by atoms with van der Waals surface area (Å²) in [5.74, 6) is -0.474. The van der Waals surface area contributed by atoms with Crippen LogP contribution in [0.2, 0.25) is 5.02 Å². The van der Waals surface area contributed by atoms with Crippen molar-refractivity contribution in [2.75, 3.05) is 13.1 Å². The van der Waals surface area contributed by atoms with E-state index in [9.17, 15) is 27.5 Å². The van der Waals surface area contributed by atoms with Crippen LogP contribution in [-0.2, 0) is 12.6 Å². The summed E-state index contributed by atoms with van der Waals surface area (Å²) < 4.78 is 57.2. The second kappa shape index (κ2) is 9.45. The van der Waals surface area contributed by atoms with E-state index in [0.717, 1.165) is 10.6 Å². The highest BCUT2D eigenvalue weighted by Crippen LogP contribution is 2.38. The Hall–Kier alpha value is -3.02. The molecule has 2 N–H and O–H groups in total. The highest BCUT2D eigenvalue weighted by molar-refractivity contribution is 7.10. The highest BCUT2D eigenvalue weighted by atomic mass is 35.5. The average molecular weight is 539 g/mol. The fourth-order valence-electron chi connectivity index (χ4n) is 4.49. The van der Waals surface area contributed by atoms with E-state index < -0.39 is 34.7 Å². The number of alkyl halides is 4. The van der Waals surface area contributed by atoms with E-state index >= 15 is 0 Å². The van der Waals surface area contributed by atoms with Gasteiger partial charge in [0.15, 0.2) is 0 Å². The molecule has 2 aliphatic rings. The molecule has 5 rings (SSSR count). The number of hydrogen-bond donors (Lipinski definition) is 2. The zero-order valence-corrected chi connectivity index (χ0v) is 20.1. The molecule has 0 amide bonds. The molecule has 0 spiro atoms. The number of piperidine rings is 1. The summed E-state index contributed by atoms with van der Waals surface area (Å²) in [4.78, 5) is 12.4. The molecule has 0 unspecified atom stereocenters. The van der Waals surface area contributed by atoms with Gasteiger partial charge in [0.05, 0.1) is 28.1 Å². The van der Waals surface area contributed by atoms with E-state index in [4.69, 9.17) is 11.6 Å². The summed E-state index contributed by atoms with van der Waals surface area (Å²) in [6.45, 7) is 0.590. The Kier molecular flexibility index (Phi) is 6.48. The topological polar surface area (TPSA) is 79.0 Å². The molecule has 12 heteroatoms. The Bertz CT molecular complexity index is 1550.